The molecular formula is C39H28Cl2N4O3S2. The van der Waals surface area contributed by atoms with Gasteiger partial charge in [0.05, 0.1) is 5.69 Å². The fourth-order valence-electron chi connectivity index (χ4n) is 4.84. The van der Waals surface area contributed by atoms with Gasteiger partial charge in [0.1, 0.15) is 10.9 Å². The summed E-state index contributed by atoms with van der Waals surface area (Å²) in [6.07, 6.45) is 1.49. The molecule has 0 spiro atoms. The number of thiazole rings is 1. The summed E-state index contributed by atoms with van der Waals surface area (Å²) in [6.45, 7) is 0. The molecule has 0 radical (unpaired) electrons. The van der Waals surface area contributed by atoms with Crippen molar-refractivity contribution in [2.45, 2.75) is 10.1 Å². The van der Waals surface area contributed by atoms with Crippen molar-refractivity contribution >= 4 is 80.9 Å². The number of carbonyl (C=O) groups is 3. The molecule has 0 aliphatic rings. The molecule has 248 valence electrons. The molecule has 1 unspecified atom stereocenters. The summed E-state index contributed by atoms with van der Waals surface area (Å²) in [5.41, 5.74) is 3.86. The monoisotopic (exact) mass is 734 g/mol. The second-order valence-electron chi connectivity index (χ2n) is 10.8. The molecule has 0 aliphatic heterocycles. The molecule has 11 heteroatoms. The zero-order valence-electron chi connectivity index (χ0n) is 26.2. The fourth-order valence-corrected chi connectivity index (χ4v) is 7.11. The number of aromatic nitrogens is 1. The van der Waals surface area contributed by atoms with Crippen molar-refractivity contribution in [3.63, 3.8) is 0 Å². The van der Waals surface area contributed by atoms with Crippen molar-refractivity contribution in [3.8, 4) is 11.3 Å². The van der Waals surface area contributed by atoms with E-state index >= 15 is 0 Å². The van der Waals surface area contributed by atoms with Crippen LogP contribution < -0.4 is 16.0 Å². The summed E-state index contributed by atoms with van der Waals surface area (Å²) in [4.78, 5) is 45.9. The molecule has 0 saturated carbocycles. The maximum atomic E-state index is 13.8. The van der Waals surface area contributed by atoms with Crippen molar-refractivity contribution in [1.29, 1.82) is 0 Å². The standard InChI is InChI=1S/C39H28Cl2N4O3S2/c40-29-20-19-28(32(41)22-29)21-33(43-36(46)27-15-8-3-9-16-27)37(47)42-30-17-10-18-31(23-30)50-35(26-13-6-2-7-14-26)38(48)45-39-44-34(24-49-39)25-11-4-1-5-12-25/h1-24,35H,(H,42,47)(H,43,46)(H,44,45,48)/b33-21+. The minimum absolute atomic E-state index is 0.0269. The highest BCUT2D eigenvalue weighted by Crippen LogP contribution is 2.38. The number of halogens is 2. The number of thioether (sulfide) groups is 1. The maximum absolute atomic E-state index is 13.8. The minimum atomic E-state index is -0.626. The van der Waals surface area contributed by atoms with Crippen molar-refractivity contribution in [3.05, 3.63) is 171 Å². The van der Waals surface area contributed by atoms with Crippen LogP contribution >= 0.6 is 46.3 Å². The first kappa shape index (κ1) is 34.7. The van der Waals surface area contributed by atoms with E-state index in [2.05, 4.69) is 20.9 Å². The first-order valence-corrected chi connectivity index (χ1v) is 17.8. The van der Waals surface area contributed by atoms with Gasteiger partial charge in [0.25, 0.3) is 11.8 Å². The van der Waals surface area contributed by atoms with Crippen LogP contribution in [0.3, 0.4) is 0 Å². The smallest absolute Gasteiger partial charge is 0.272 e. The van der Waals surface area contributed by atoms with Crippen LogP contribution in [0.5, 0.6) is 0 Å². The second kappa shape index (κ2) is 16.5. The van der Waals surface area contributed by atoms with E-state index in [1.165, 1.54) is 29.2 Å². The van der Waals surface area contributed by atoms with Crippen LogP contribution in [0.25, 0.3) is 17.3 Å². The number of benzene rings is 5. The fraction of sp³-hybridized carbons (Fsp3) is 0.0256. The summed E-state index contributed by atoms with van der Waals surface area (Å²) in [5.74, 6) is -1.27. The predicted octanol–water partition coefficient (Wildman–Crippen LogP) is 10.00. The average Bonchev–Trinajstić information content (AvgIpc) is 3.61. The zero-order chi connectivity index (χ0) is 34.9. The Kier molecular flexibility index (Phi) is 11.4. The number of nitrogens with zero attached hydrogens (tertiary/aromatic N) is 1. The van der Waals surface area contributed by atoms with E-state index < -0.39 is 17.1 Å². The molecule has 1 aromatic heterocycles. The van der Waals surface area contributed by atoms with E-state index in [1.54, 1.807) is 66.7 Å². The lowest BCUT2D eigenvalue weighted by Gasteiger charge is -2.17. The van der Waals surface area contributed by atoms with E-state index in [0.717, 1.165) is 21.7 Å². The van der Waals surface area contributed by atoms with Gasteiger partial charge in [-0.05, 0) is 59.7 Å². The molecule has 7 nitrogen and oxygen atoms in total. The minimum Gasteiger partial charge on any atom is -0.321 e. The molecule has 3 amide bonds. The van der Waals surface area contributed by atoms with Gasteiger partial charge in [-0.15, -0.1) is 23.1 Å². The van der Waals surface area contributed by atoms with Crippen LogP contribution in [0, 0.1) is 0 Å². The predicted molar refractivity (Wildman–Crippen MR) is 205 cm³/mol. The van der Waals surface area contributed by atoms with Gasteiger partial charge < -0.3 is 16.0 Å². The molecule has 0 fully saturated rings. The van der Waals surface area contributed by atoms with Gasteiger partial charge in [0.15, 0.2) is 5.13 Å². The quantitative estimate of drug-likeness (QED) is 0.0909. The third-order valence-corrected chi connectivity index (χ3v) is 9.85. The largest absolute Gasteiger partial charge is 0.321 e. The average molecular weight is 736 g/mol. The SMILES string of the molecule is O=C(Nc1cccc(SC(C(=O)Nc2nc(-c3ccccc3)cs2)c2ccccc2)c1)/C(=C\c1ccc(Cl)cc1Cl)NC(=O)c1ccccc1. The highest BCUT2D eigenvalue weighted by atomic mass is 35.5. The van der Waals surface area contributed by atoms with Crippen molar-refractivity contribution in [2.24, 2.45) is 0 Å². The zero-order valence-corrected chi connectivity index (χ0v) is 29.3. The van der Waals surface area contributed by atoms with Crippen molar-refractivity contribution < 1.29 is 14.4 Å². The van der Waals surface area contributed by atoms with Gasteiger partial charge in [0.2, 0.25) is 5.91 Å². The van der Waals surface area contributed by atoms with Gasteiger partial charge >= 0.3 is 0 Å². The number of anilines is 2. The summed E-state index contributed by atoms with van der Waals surface area (Å²) >= 11 is 15.2. The van der Waals surface area contributed by atoms with Crippen LogP contribution in [-0.2, 0) is 9.59 Å². The number of hydrogen-bond donors (Lipinski definition) is 3. The molecule has 5 aromatic carbocycles. The van der Waals surface area contributed by atoms with Crippen molar-refractivity contribution in [1.82, 2.24) is 10.3 Å². The Morgan fingerprint density at radius 2 is 1.46 bits per heavy atom. The van der Waals surface area contributed by atoms with Crippen LogP contribution in [-0.4, -0.2) is 22.7 Å². The van der Waals surface area contributed by atoms with Gasteiger partial charge in [-0.2, -0.15) is 0 Å². The molecule has 1 atom stereocenters. The van der Waals surface area contributed by atoms with E-state index in [1.807, 2.05) is 72.1 Å². The van der Waals surface area contributed by atoms with Crippen molar-refractivity contribution in [2.75, 3.05) is 10.6 Å². The number of nitrogens with one attached hydrogen (secondary N) is 3. The molecule has 0 aliphatic carbocycles. The van der Waals surface area contributed by atoms with Crippen LogP contribution in [0.15, 0.2) is 149 Å². The van der Waals surface area contributed by atoms with Gasteiger partial charge in [-0.3, -0.25) is 14.4 Å². The molecule has 6 rings (SSSR count). The Hall–Kier alpha value is -5.19. The summed E-state index contributed by atoms with van der Waals surface area (Å²) in [7, 11) is 0. The van der Waals surface area contributed by atoms with Crippen LogP contribution in [0.1, 0.15) is 26.7 Å². The lowest BCUT2D eigenvalue weighted by molar-refractivity contribution is -0.116. The van der Waals surface area contributed by atoms with Gasteiger partial charge in [-0.1, -0.05) is 114 Å². The van der Waals surface area contributed by atoms with Gasteiger partial charge in [0, 0.05) is 37.1 Å². The number of amides is 3. The Bertz CT molecular complexity index is 2160. The molecule has 1 heterocycles. The lowest BCUT2D eigenvalue weighted by Crippen LogP contribution is -2.30. The topological polar surface area (TPSA) is 100 Å². The van der Waals surface area contributed by atoms with Gasteiger partial charge in [-0.25, -0.2) is 4.98 Å². The van der Waals surface area contributed by atoms with Crippen LogP contribution in [0.4, 0.5) is 10.8 Å². The molecular weight excluding hydrogens is 707 g/mol. The lowest BCUT2D eigenvalue weighted by atomic mass is 10.1. The highest BCUT2D eigenvalue weighted by Gasteiger charge is 2.24. The summed E-state index contributed by atoms with van der Waals surface area (Å²) in [6, 6.07) is 39.8. The number of hydrogen-bond acceptors (Lipinski definition) is 6. The number of rotatable bonds is 11. The Morgan fingerprint density at radius 1 is 0.760 bits per heavy atom. The summed E-state index contributed by atoms with van der Waals surface area (Å²) in [5, 5.41) is 11.1. The first-order valence-electron chi connectivity index (χ1n) is 15.3. The van der Waals surface area contributed by atoms with E-state index in [9.17, 15) is 14.4 Å². The molecule has 0 saturated heterocycles. The third kappa shape index (κ3) is 9.07. The molecule has 6 aromatic rings. The Balaban J connectivity index is 1.22. The van der Waals surface area contributed by atoms with E-state index in [4.69, 9.17) is 23.2 Å². The second-order valence-corrected chi connectivity index (χ2v) is 13.7. The third-order valence-electron chi connectivity index (χ3n) is 7.28. The van der Waals surface area contributed by atoms with Crippen LogP contribution in [0.2, 0.25) is 10.0 Å². The normalized spacial score (nSPS) is 11.8. The summed E-state index contributed by atoms with van der Waals surface area (Å²) < 4.78 is 0. The maximum Gasteiger partial charge on any atom is 0.272 e. The highest BCUT2D eigenvalue weighted by molar-refractivity contribution is 8.00. The van der Waals surface area contributed by atoms with E-state index in [0.29, 0.717) is 32.0 Å². The molecule has 3 N–H and O–H groups in total. The molecule has 0 bridgehead atoms. The Labute approximate surface area is 307 Å². The molecule has 50 heavy (non-hydrogen) atoms. The van der Waals surface area contributed by atoms with E-state index in [-0.39, 0.29) is 11.6 Å². The Morgan fingerprint density at radius 3 is 2.18 bits per heavy atom. The first-order chi connectivity index (χ1) is 24.3. The number of carbonyl (C=O) groups excluding carboxylic acids is 3.